The van der Waals surface area contributed by atoms with Crippen LogP contribution in [0, 0.1) is 0 Å². The summed E-state index contributed by atoms with van der Waals surface area (Å²) in [6, 6.07) is 15.1. The monoisotopic (exact) mass is 392 g/mol. The first-order valence-corrected chi connectivity index (χ1v) is 9.75. The van der Waals surface area contributed by atoms with Crippen molar-refractivity contribution in [3.63, 3.8) is 0 Å². The molecular weight excluding hydrogens is 368 g/mol. The lowest BCUT2D eigenvalue weighted by Gasteiger charge is -2.37. The van der Waals surface area contributed by atoms with Crippen LogP contribution >= 0.6 is 0 Å². The minimum absolute atomic E-state index is 0.0477. The normalized spacial score (nSPS) is 15.7. The molecule has 7 nitrogen and oxygen atoms in total. The van der Waals surface area contributed by atoms with Gasteiger partial charge in [0.2, 0.25) is 5.91 Å². The summed E-state index contributed by atoms with van der Waals surface area (Å²) in [6.07, 6.45) is 1.30. The Hall–Kier alpha value is -3.35. The molecule has 2 aromatic carbocycles. The van der Waals surface area contributed by atoms with Crippen molar-refractivity contribution in [1.82, 2.24) is 14.5 Å². The largest absolute Gasteiger partial charge is 0.485 e. The number of rotatable bonds is 5. The highest BCUT2D eigenvalue weighted by atomic mass is 16.5. The molecule has 0 fully saturated rings. The van der Waals surface area contributed by atoms with Crippen LogP contribution < -0.4 is 15.2 Å². The second-order valence-electron chi connectivity index (χ2n) is 7.22. The van der Waals surface area contributed by atoms with Gasteiger partial charge in [0.25, 0.3) is 5.56 Å². The lowest BCUT2D eigenvalue weighted by molar-refractivity contribution is -0.131. The molecule has 1 aliphatic rings. The number of hydrogen-bond donors (Lipinski definition) is 0. The number of hydrogen-bond acceptors (Lipinski definition) is 5. The van der Waals surface area contributed by atoms with E-state index in [0.717, 1.165) is 18.0 Å². The van der Waals surface area contributed by atoms with Crippen molar-refractivity contribution in [2.24, 2.45) is 0 Å². The highest BCUT2D eigenvalue weighted by Gasteiger charge is 2.26. The first-order chi connectivity index (χ1) is 14.1. The maximum absolute atomic E-state index is 12.7. The lowest BCUT2D eigenvalue weighted by atomic mass is 10.2. The number of amides is 1. The zero-order valence-corrected chi connectivity index (χ0v) is 16.6. The van der Waals surface area contributed by atoms with Gasteiger partial charge in [-0.25, -0.2) is 4.98 Å². The first-order valence-electron chi connectivity index (χ1n) is 9.75. The molecule has 3 aromatic rings. The third-order valence-electron chi connectivity index (χ3n) is 5.25. The van der Waals surface area contributed by atoms with E-state index < -0.39 is 0 Å². The number of ether oxygens (including phenoxy) is 1. The summed E-state index contributed by atoms with van der Waals surface area (Å²) in [6.45, 7) is 4.08. The number of benzene rings is 2. The zero-order chi connectivity index (χ0) is 20.4. The fourth-order valence-corrected chi connectivity index (χ4v) is 3.67. The van der Waals surface area contributed by atoms with Crippen molar-refractivity contribution in [1.29, 1.82) is 0 Å². The van der Waals surface area contributed by atoms with Gasteiger partial charge in [-0.3, -0.25) is 14.2 Å². The summed E-state index contributed by atoms with van der Waals surface area (Å²) < 4.78 is 7.46. The number of para-hydroxylation sites is 3. The van der Waals surface area contributed by atoms with E-state index in [1.54, 1.807) is 30.1 Å². The number of carbonyl (C=O) groups excluding carboxylic acids is 1. The van der Waals surface area contributed by atoms with Gasteiger partial charge in [0.15, 0.2) is 0 Å². The first kappa shape index (κ1) is 19.0. The van der Waals surface area contributed by atoms with Crippen molar-refractivity contribution in [3.8, 4) is 5.75 Å². The summed E-state index contributed by atoms with van der Waals surface area (Å²) in [4.78, 5) is 33.5. The molecule has 4 rings (SSSR count). The predicted molar refractivity (Wildman–Crippen MR) is 112 cm³/mol. The molecule has 2 heterocycles. The fraction of sp³-hybridized carbons (Fsp3) is 0.318. The van der Waals surface area contributed by atoms with E-state index in [0.29, 0.717) is 24.0 Å². The van der Waals surface area contributed by atoms with E-state index in [2.05, 4.69) is 16.8 Å². The van der Waals surface area contributed by atoms with Crippen molar-refractivity contribution in [2.45, 2.75) is 19.6 Å². The smallest absolute Gasteiger partial charge is 0.261 e. The van der Waals surface area contributed by atoms with Gasteiger partial charge in [0, 0.05) is 13.6 Å². The van der Waals surface area contributed by atoms with Crippen molar-refractivity contribution in [3.05, 3.63) is 65.2 Å². The molecule has 1 atom stereocenters. The Morgan fingerprint density at radius 3 is 2.79 bits per heavy atom. The Bertz CT molecular complexity index is 1090. The van der Waals surface area contributed by atoms with Crippen molar-refractivity contribution >= 4 is 22.5 Å². The minimum Gasteiger partial charge on any atom is -0.485 e. The molecule has 0 radical (unpaired) electrons. The quantitative estimate of drug-likeness (QED) is 0.666. The predicted octanol–water partition coefficient (Wildman–Crippen LogP) is 2.14. The van der Waals surface area contributed by atoms with Crippen LogP contribution in [0.15, 0.2) is 59.7 Å². The SMILES string of the molecule is CCN1CC(CN(C)C(=O)Cn2cnc3ccccc3c2=O)Oc2ccccc21. The maximum Gasteiger partial charge on any atom is 0.261 e. The third kappa shape index (κ3) is 3.81. The van der Waals surface area contributed by atoms with E-state index >= 15 is 0 Å². The van der Waals surface area contributed by atoms with Crippen LogP contribution in [0.3, 0.4) is 0 Å². The van der Waals surface area contributed by atoms with Crippen molar-refractivity contribution < 1.29 is 9.53 Å². The number of anilines is 1. The molecule has 29 heavy (non-hydrogen) atoms. The maximum atomic E-state index is 12.7. The van der Waals surface area contributed by atoms with E-state index in [1.165, 1.54) is 10.9 Å². The Morgan fingerprint density at radius 2 is 1.97 bits per heavy atom. The molecule has 7 heteroatoms. The van der Waals surface area contributed by atoms with Gasteiger partial charge < -0.3 is 14.5 Å². The van der Waals surface area contributed by atoms with Crippen LogP contribution in [0.5, 0.6) is 5.75 Å². The molecule has 0 saturated carbocycles. The Kier molecular flexibility index (Phi) is 5.20. The summed E-state index contributed by atoms with van der Waals surface area (Å²) in [5.74, 6) is 0.677. The van der Waals surface area contributed by atoms with Gasteiger partial charge in [-0.15, -0.1) is 0 Å². The summed E-state index contributed by atoms with van der Waals surface area (Å²) in [5, 5.41) is 0.510. The summed E-state index contributed by atoms with van der Waals surface area (Å²) in [5.41, 5.74) is 1.50. The minimum atomic E-state index is -0.211. The fourth-order valence-electron chi connectivity index (χ4n) is 3.67. The van der Waals surface area contributed by atoms with Crippen LogP contribution in [0.1, 0.15) is 6.92 Å². The van der Waals surface area contributed by atoms with E-state index in [9.17, 15) is 9.59 Å². The topological polar surface area (TPSA) is 67.7 Å². The molecule has 1 amide bonds. The molecule has 0 saturated heterocycles. The highest BCUT2D eigenvalue weighted by Crippen LogP contribution is 2.32. The van der Waals surface area contributed by atoms with Gasteiger partial charge in [-0.1, -0.05) is 24.3 Å². The molecular formula is C22H24N4O3. The average Bonchev–Trinajstić information content (AvgIpc) is 2.75. The third-order valence-corrected chi connectivity index (χ3v) is 5.25. The van der Waals surface area contributed by atoms with Crippen LogP contribution in [0.2, 0.25) is 0 Å². The molecule has 150 valence electrons. The standard InChI is InChI=1S/C22H24N4O3/c1-3-25-13-16(29-20-11-7-6-10-19(20)25)12-24(2)21(27)14-26-15-23-18-9-5-4-8-17(18)22(26)28/h4-11,15-16H,3,12-14H2,1-2H3. The van der Waals surface area contributed by atoms with E-state index in [-0.39, 0.29) is 24.1 Å². The van der Waals surface area contributed by atoms with Crippen LogP contribution in [0.25, 0.3) is 10.9 Å². The Labute approximate surface area is 169 Å². The van der Waals surface area contributed by atoms with Gasteiger partial charge >= 0.3 is 0 Å². The number of aromatic nitrogens is 2. The Morgan fingerprint density at radius 1 is 1.21 bits per heavy atom. The zero-order valence-electron chi connectivity index (χ0n) is 16.6. The van der Waals surface area contributed by atoms with Crippen LogP contribution in [0.4, 0.5) is 5.69 Å². The van der Waals surface area contributed by atoms with Crippen LogP contribution in [-0.2, 0) is 11.3 Å². The number of carbonyl (C=O) groups is 1. The second kappa shape index (κ2) is 7.95. The molecule has 1 unspecified atom stereocenters. The van der Waals surface area contributed by atoms with Gasteiger partial charge in [0.1, 0.15) is 18.4 Å². The van der Waals surface area contributed by atoms with Crippen LogP contribution in [-0.4, -0.2) is 53.1 Å². The van der Waals surface area contributed by atoms with E-state index in [1.807, 2.05) is 30.3 Å². The van der Waals surface area contributed by atoms with Gasteiger partial charge in [-0.2, -0.15) is 0 Å². The second-order valence-corrected chi connectivity index (χ2v) is 7.22. The summed E-state index contributed by atoms with van der Waals surface area (Å²) >= 11 is 0. The molecule has 0 bridgehead atoms. The average molecular weight is 392 g/mol. The molecule has 1 aromatic heterocycles. The van der Waals surface area contributed by atoms with E-state index in [4.69, 9.17) is 4.74 Å². The lowest BCUT2D eigenvalue weighted by Crippen LogP contribution is -2.47. The highest BCUT2D eigenvalue weighted by molar-refractivity contribution is 5.78. The number of nitrogens with zero attached hydrogens (tertiary/aromatic N) is 4. The van der Waals surface area contributed by atoms with Gasteiger partial charge in [0.05, 0.1) is 36.0 Å². The number of likely N-dealkylation sites (N-methyl/N-ethyl adjacent to an activating group) is 2. The van der Waals surface area contributed by atoms with Gasteiger partial charge in [-0.05, 0) is 31.2 Å². The molecule has 0 aliphatic carbocycles. The van der Waals surface area contributed by atoms with Crippen molar-refractivity contribution in [2.75, 3.05) is 31.6 Å². The summed E-state index contributed by atoms with van der Waals surface area (Å²) in [7, 11) is 1.74. The Balaban J connectivity index is 1.45. The molecule has 0 spiro atoms. The molecule has 0 N–H and O–H groups in total. The number of fused-ring (bicyclic) bond motifs is 2. The molecule has 1 aliphatic heterocycles.